The lowest BCUT2D eigenvalue weighted by Crippen LogP contribution is -2.50. The molecule has 8 heteroatoms. The van der Waals surface area contributed by atoms with Crippen molar-refractivity contribution in [3.8, 4) is 6.07 Å². The van der Waals surface area contributed by atoms with Crippen LogP contribution in [0.4, 0.5) is 10.2 Å². The van der Waals surface area contributed by atoms with Crippen LogP contribution in [-0.4, -0.2) is 27.6 Å². The van der Waals surface area contributed by atoms with E-state index in [-0.39, 0.29) is 12.3 Å². The summed E-state index contributed by atoms with van der Waals surface area (Å²) in [6, 6.07) is 14.1. The number of nitrogens with one attached hydrogen (secondary N) is 2. The third-order valence-corrected chi connectivity index (χ3v) is 5.57. The van der Waals surface area contributed by atoms with Crippen LogP contribution in [0.15, 0.2) is 48.5 Å². The minimum atomic E-state index is -0.923. The van der Waals surface area contributed by atoms with Crippen molar-refractivity contribution in [2.45, 2.75) is 38.8 Å². The Morgan fingerprint density at radius 2 is 2.00 bits per heavy atom. The number of aryl methyl sites for hydroxylation is 3. The number of carbonyl (C=O) groups excluding carboxylic acids is 2. The highest BCUT2D eigenvalue weighted by Crippen LogP contribution is 2.39. The number of anilines is 1. The average molecular weight is 431 g/mol. The Morgan fingerprint density at radius 3 is 2.69 bits per heavy atom. The Labute approximate surface area is 184 Å². The maximum Gasteiger partial charge on any atom is 0.251 e. The maximum absolute atomic E-state index is 13.6. The van der Waals surface area contributed by atoms with Crippen LogP contribution in [-0.2, 0) is 11.3 Å². The fourth-order valence-corrected chi connectivity index (χ4v) is 4.12. The van der Waals surface area contributed by atoms with Gasteiger partial charge in [-0.25, -0.2) is 9.07 Å². The molecule has 162 valence electrons. The van der Waals surface area contributed by atoms with Gasteiger partial charge in [0.15, 0.2) is 0 Å². The van der Waals surface area contributed by atoms with Gasteiger partial charge >= 0.3 is 0 Å². The first-order chi connectivity index (χ1) is 15.4. The molecule has 0 aliphatic carbocycles. The van der Waals surface area contributed by atoms with Crippen molar-refractivity contribution in [1.29, 1.82) is 5.26 Å². The number of benzene rings is 2. The smallest absolute Gasteiger partial charge is 0.251 e. The Hall–Kier alpha value is -3.99. The largest absolute Gasteiger partial charge is 0.339 e. The number of fused-ring (bicyclic) bond motifs is 1. The first-order valence-electron chi connectivity index (χ1n) is 10.3. The Bertz CT molecular complexity index is 1230. The molecule has 2 amide bonds. The predicted molar refractivity (Wildman–Crippen MR) is 116 cm³/mol. The van der Waals surface area contributed by atoms with Crippen LogP contribution < -0.4 is 10.6 Å². The molecule has 2 aromatic carbocycles. The van der Waals surface area contributed by atoms with Crippen molar-refractivity contribution in [3.63, 3.8) is 0 Å². The third kappa shape index (κ3) is 3.97. The molecular weight excluding hydrogens is 409 g/mol. The number of hydrogen-bond acceptors (Lipinski definition) is 4. The van der Waals surface area contributed by atoms with Gasteiger partial charge in [-0.1, -0.05) is 29.8 Å². The van der Waals surface area contributed by atoms with Gasteiger partial charge in [-0.15, -0.1) is 0 Å². The Kier molecular flexibility index (Phi) is 5.73. The normalized spacial score (nSPS) is 17.2. The lowest BCUT2D eigenvalue weighted by atomic mass is 9.82. The fraction of sp³-hybridized carbons (Fsp3) is 0.250. The summed E-state index contributed by atoms with van der Waals surface area (Å²) in [5.74, 6) is -1.23. The van der Waals surface area contributed by atoms with Crippen LogP contribution in [0.5, 0.6) is 0 Å². The van der Waals surface area contributed by atoms with E-state index in [0.29, 0.717) is 29.2 Å². The van der Waals surface area contributed by atoms with Gasteiger partial charge in [-0.3, -0.25) is 9.59 Å². The van der Waals surface area contributed by atoms with Crippen molar-refractivity contribution >= 4 is 17.6 Å². The second-order valence-electron chi connectivity index (χ2n) is 7.82. The molecule has 0 saturated carbocycles. The Morgan fingerprint density at radius 1 is 1.25 bits per heavy atom. The van der Waals surface area contributed by atoms with E-state index in [0.717, 1.165) is 11.1 Å². The van der Waals surface area contributed by atoms with Crippen LogP contribution in [0, 0.1) is 31.0 Å². The average Bonchev–Trinajstić information content (AvgIpc) is 3.08. The molecule has 0 radical (unpaired) electrons. The minimum absolute atomic E-state index is 0.234. The molecule has 0 fully saturated rings. The van der Waals surface area contributed by atoms with E-state index in [1.807, 2.05) is 19.9 Å². The SMILES string of the molecule is Cc1cccc(C(=O)N[C@@H]2C(=O)Nc3c(c(C)nn3CCC#N)[C@@H]2c2ccc(F)cc2)c1. The van der Waals surface area contributed by atoms with Crippen LogP contribution >= 0.6 is 0 Å². The maximum atomic E-state index is 13.6. The highest BCUT2D eigenvalue weighted by Gasteiger charge is 2.41. The molecule has 7 nitrogen and oxygen atoms in total. The molecule has 0 bridgehead atoms. The number of rotatable bonds is 5. The lowest BCUT2D eigenvalue weighted by Gasteiger charge is -2.32. The minimum Gasteiger partial charge on any atom is -0.339 e. The van der Waals surface area contributed by atoms with E-state index in [9.17, 15) is 14.0 Å². The van der Waals surface area contributed by atoms with Crippen LogP contribution in [0.25, 0.3) is 0 Å². The van der Waals surface area contributed by atoms with Gasteiger partial charge in [0, 0.05) is 17.0 Å². The first kappa shape index (κ1) is 21.2. The third-order valence-electron chi connectivity index (χ3n) is 5.57. The van der Waals surface area contributed by atoms with Gasteiger partial charge in [-0.05, 0) is 43.7 Å². The highest BCUT2D eigenvalue weighted by atomic mass is 19.1. The molecule has 2 heterocycles. The zero-order chi connectivity index (χ0) is 22.8. The summed E-state index contributed by atoms with van der Waals surface area (Å²) < 4.78 is 15.2. The van der Waals surface area contributed by atoms with Crippen LogP contribution in [0.3, 0.4) is 0 Å². The predicted octanol–water partition coefficient (Wildman–Crippen LogP) is 3.44. The lowest BCUT2D eigenvalue weighted by molar-refractivity contribution is -0.118. The number of aromatic nitrogens is 2. The standard InChI is InChI=1S/C24H22FN5O2/c1-14-5-3-6-17(13-14)23(31)27-21-20(16-7-9-18(25)10-8-16)19-15(2)29-30(12-4-11-26)22(19)28-24(21)32/h3,5-10,13,20-21H,4,12H2,1-2H3,(H,27,31)(H,28,32)/t20-,21-/m0/s1. The first-order valence-corrected chi connectivity index (χ1v) is 10.3. The molecule has 2 atom stereocenters. The fourth-order valence-electron chi connectivity index (χ4n) is 4.12. The van der Waals surface area contributed by atoms with Gasteiger partial charge < -0.3 is 10.6 Å². The van der Waals surface area contributed by atoms with Gasteiger partial charge in [0.2, 0.25) is 5.91 Å². The second kappa shape index (κ2) is 8.63. The second-order valence-corrected chi connectivity index (χ2v) is 7.82. The van der Waals surface area contributed by atoms with Crippen molar-refractivity contribution in [3.05, 3.63) is 82.3 Å². The van der Waals surface area contributed by atoms with Crippen LogP contribution in [0.1, 0.15) is 45.1 Å². The summed E-state index contributed by atoms with van der Waals surface area (Å²) in [5, 5.41) is 19.2. The van der Waals surface area contributed by atoms with Gasteiger partial charge in [-0.2, -0.15) is 10.4 Å². The summed E-state index contributed by atoms with van der Waals surface area (Å²) in [4.78, 5) is 26.1. The number of halogens is 1. The van der Waals surface area contributed by atoms with Crippen molar-refractivity contribution in [1.82, 2.24) is 15.1 Å². The molecule has 1 aliphatic rings. The van der Waals surface area contributed by atoms with Crippen molar-refractivity contribution in [2.24, 2.45) is 0 Å². The zero-order valence-electron chi connectivity index (χ0n) is 17.7. The monoisotopic (exact) mass is 431 g/mol. The molecule has 0 saturated heterocycles. The van der Waals surface area contributed by atoms with E-state index in [2.05, 4.69) is 21.8 Å². The molecule has 4 rings (SSSR count). The molecular formula is C24H22FN5O2. The Balaban J connectivity index is 1.78. The zero-order valence-corrected chi connectivity index (χ0v) is 17.7. The van der Waals surface area contributed by atoms with Gasteiger partial charge in [0.05, 0.1) is 24.7 Å². The summed E-state index contributed by atoms with van der Waals surface area (Å²) in [6.45, 7) is 4.02. The summed E-state index contributed by atoms with van der Waals surface area (Å²) in [5.41, 5.74) is 3.46. The van der Waals surface area contributed by atoms with Crippen molar-refractivity contribution in [2.75, 3.05) is 5.32 Å². The molecule has 1 aliphatic heterocycles. The van der Waals surface area contributed by atoms with E-state index in [4.69, 9.17) is 5.26 Å². The molecule has 3 aromatic rings. The number of carbonyl (C=O) groups is 2. The quantitative estimate of drug-likeness (QED) is 0.646. The number of hydrogen-bond donors (Lipinski definition) is 2. The van der Waals surface area contributed by atoms with E-state index in [1.54, 1.807) is 35.0 Å². The molecule has 2 N–H and O–H groups in total. The summed E-state index contributed by atoms with van der Waals surface area (Å²) in [7, 11) is 0. The molecule has 0 spiro atoms. The van der Waals surface area contributed by atoms with Gasteiger partial charge in [0.25, 0.3) is 5.91 Å². The molecule has 32 heavy (non-hydrogen) atoms. The number of nitrogens with zero attached hydrogens (tertiary/aromatic N) is 3. The van der Waals surface area contributed by atoms with E-state index < -0.39 is 23.7 Å². The highest BCUT2D eigenvalue weighted by molar-refractivity contribution is 6.04. The molecule has 1 aromatic heterocycles. The van der Waals surface area contributed by atoms with Gasteiger partial charge in [0.1, 0.15) is 17.7 Å². The van der Waals surface area contributed by atoms with E-state index in [1.165, 1.54) is 12.1 Å². The topological polar surface area (TPSA) is 99.8 Å². The summed E-state index contributed by atoms with van der Waals surface area (Å²) in [6.07, 6.45) is 0.234. The van der Waals surface area contributed by atoms with E-state index >= 15 is 0 Å². The number of amides is 2. The van der Waals surface area contributed by atoms with Crippen LogP contribution in [0.2, 0.25) is 0 Å². The number of nitriles is 1. The van der Waals surface area contributed by atoms with Crippen molar-refractivity contribution < 1.29 is 14.0 Å². The summed E-state index contributed by atoms with van der Waals surface area (Å²) >= 11 is 0. The molecule has 0 unspecified atom stereocenters.